The van der Waals surface area contributed by atoms with Crippen molar-refractivity contribution in [2.45, 2.75) is 43.1 Å². The summed E-state index contributed by atoms with van der Waals surface area (Å²) in [7, 11) is -6.35. The normalized spacial score (nSPS) is 12.2. The Labute approximate surface area is 199 Å². The second-order valence-electron chi connectivity index (χ2n) is 7.76. The Balaban J connectivity index is 1.80. The fourth-order valence-corrected chi connectivity index (χ4v) is 6.03. The largest absolute Gasteiger partial charge is 0.310 e. The lowest BCUT2D eigenvalue weighted by Gasteiger charge is -2.15. The molecule has 0 fully saturated rings. The zero-order chi connectivity index (χ0) is 24.4. The lowest BCUT2D eigenvalue weighted by atomic mass is 10.2. The summed E-state index contributed by atoms with van der Waals surface area (Å²) in [6.07, 6.45) is 0. The minimum absolute atomic E-state index is 0.00680. The van der Waals surface area contributed by atoms with E-state index < -0.39 is 20.0 Å². The summed E-state index contributed by atoms with van der Waals surface area (Å²) in [5.41, 5.74) is 1.72. The highest BCUT2D eigenvalue weighted by molar-refractivity contribution is 7.93. The first-order valence-corrected chi connectivity index (χ1v) is 13.4. The number of aromatic nitrogens is 2. The molecule has 2 aromatic carbocycles. The first-order chi connectivity index (χ1) is 15.4. The molecule has 0 atom stereocenters. The third-order valence-electron chi connectivity index (χ3n) is 4.75. The Bertz CT molecular complexity index is 1350. The molecule has 12 heteroatoms. The molecule has 3 aromatic rings. The van der Waals surface area contributed by atoms with Crippen LogP contribution in [0.3, 0.4) is 0 Å². The molecule has 178 valence electrons. The van der Waals surface area contributed by atoms with E-state index in [-0.39, 0.29) is 32.4 Å². The SMILES string of the molecule is Cc1nn(C)c(Cl)c1S(=O)(=O)Nc1ccc(S(=O)(=O)Nc2ccccc2CNC(C)C)cc1. The molecular formula is C21H26ClN5O4S2. The summed E-state index contributed by atoms with van der Waals surface area (Å²) in [5.74, 6) is 0. The predicted octanol–water partition coefficient (Wildman–Crippen LogP) is 3.48. The Morgan fingerprint density at radius 3 is 2.18 bits per heavy atom. The number of sulfonamides is 2. The fourth-order valence-electron chi connectivity index (χ4n) is 3.12. The first kappa shape index (κ1) is 25.0. The lowest BCUT2D eigenvalue weighted by Crippen LogP contribution is -2.23. The van der Waals surface area contributed by atoms with Crippen molar-refractivity contribution in [2.24, 2.45) is 7.05 Å². The standard InChI is InChI=1S/C21H26ClN5O4S2/c1-14(2)23-13-16-7-5-6-8-19(16)26-32(28,29)18-11-9-17(10-12-18)25-33(30,31)20-15(3)24-27(4)21(20)22/h5-12,14,23,25-26H,13H2,1-4H3. The summed E-state index contributed by atoms with van der Waals surface area (Å²) >= 11 is 6.07. The number of rotatable bonds is 9. The van der Waals surface area contributed by atoms with Crippen molar-refractivity contribution < 1.29 is 16.8 Å². The van der Waals surface area contributed by atoms with E-state index in [0.717, 1.165) is 5.56 Å². The van der Waals surface area contributed by atoms with Gasteiger partial charge in [-0.2, -0.15) is 5.10 Å². The quantitative estimate of drug-likeness (QED) is 0.404. The van der Waals surface area contributed by atoms with Crippen molar-refractivity contribution in [1.29, 1.82) is 0 Å². The molecule has 0 unspecified atom stereocenters. The second kappa shape index (κ2) is 9.72. The molecule has 1 heterocycles. The number of hydrogen-bond donors (Lipinski definition) is 3. The highest BCUT2D eigenvalue weighted by atomic mass is 35.5. The molecule has 3 N–H and O–H groups in total. The van der Waals surface area contributed by atoms with Gasteiger partial charge in [-0.3, -0.25) is 14.1 Å². The maximum Gasteiger partial charge on any atom is 0.266 e. The highest BCUT2D eigenvalue weighted by Gasteiger charge is 2.25. The van der Waals surface area contributed by atoms with Gasteiger partial charge in [-0.25, -0.2) is 16.8 Å². The monoisotopic (exact) mass is 511 g/mol. The Hall–Kier alpha value is -2.60. The van der Waals surface area contributed by atoms with Gasteiger partial charge in [-0.15, -0.1) is 0 Å². The van der Waals surface area contributed by atoms with Gasteiger partial charge in [-0.05, 0) is 42.8 Å². The molecule has 0 saturated heterocycles. The molecule has 0 saturated carbocycles. The number of anilines is 2. The van der Waals surface area contributed by atoms with Crippen LogP contribution in [0.5, 0.6) is 0 Å². The predicted molar refractivity (Wildman–Crippen MR) is 129 cm³/mol. The van der Waals surface area contributed by atoms with Crippen LogP contribution in [-0.4, -0.2) is 32.7 Å². The number of nitrogens with one attached hydrogen (secondary N) is 3. The molecule has 1 aromatic heterocycles. The third kappa shape index (κ3) is 5.85. The van der Waals surface area contributed by atoms with Gasteiger partial charge >= 0.3 is 0 Å². The van der Waals surface area contributed by atoms with Crippen LogP contribution in [0.1, 0.15) is 25.1 Å². The fraction of sp³-hybridized carbons (Fsp3) is 0.286. The van der Waals surface area contributed by atoms with Gasteiger partial charge in [0.15, 0.2) is 0 Å². The van der Waals surface area contributed by atoms with Crippen molar-refractivity contribution in [3.63, 3.8) is 0 Å². The van der Waals surface area contributed by atoms with E-state index in [1.165, 1.54) is 42.9 Å². The molecule has 0 bridgehead atoms. The number of aryl methyl sites for hydroxylation is 2. The molecule has 9 nitrogen and oxygen atoms in total. The van der Waals surface area contributed by atoms with Crippen LogP contribution in [0.4, 0.5) is 11.4 Å². The summed E-state index contributed by atoms with van der Waals surface area (Å²) in [6.45, 7) is 6.06. The smallest absolute Gasteiger partial charge is 0.266 e. The summed E-state index contributed by atoms with van der Waals surface area (Å²) in [4.78, 5) is -0.135. The lowest BCUT2D eigenvalue weighted by molar-refractivity contribution is 0.589. The van der Waals surface area contributed by atoms with E-state index in [0.29, 0.717) is 12.2 Å². The van der Waals surface area contributed by atoms with Gasteiger partial charge in [0.2, 0.25) is 0 Å². The van der Waals surface area contributed by atoms with Gasteiger partial charge < -0.3 is 5.32 Å². The maximum absolute atomic E-state index is 12.9. The Morgan fingerprint density at radius 2 is 1.61 bits per heavy atom. The molecular weight excluding hydrogens is 486 g/mol. The molecule has 33 heavy (non-hydrogen) atoms. The summed E-state index contributed by atoms with van der Waals surface area (Å²) in [6, 6.07) is 12.8. The van der Waals surface area contributed by atoms with Crippen LogP contribution in [0.25, 0.3) is 0 Å². The third-order valence-corrected chi connectivity index (χ3v) is 8.21. The number of hydrogen-bond acceptors (Lipinski definition) is 6. The number of nitrogens with zero attached hydrogens (tertiary/aromatic N) is 2. The first-order valence-electron chi connectivity index (χ1n) is 10.1. The molecule has 3 rings (SSSR count). The van der Waals surface area contributed by atoms with Crippen LogP contribution < -0.4 is 14.8 Å². The van der Waals surface area contributed by atoms with E-state index >= 15 is 0 Å². The van der Waals surface area contributed by atoms with Crippen molar-refractivity contribution in [3.8, 4) is 0 Å². The highest BCUT2D eigenvalue weighted by Crippen LogP contribution is 2.27. The Morgan fingerprint density at radius 1 is 0.970 bits per heavy atom. The van der Waals surface area contributed by atoms with E-state index in [4.69, 9.17) is 11.6 Å². The minimum atomic E-state index is -4.01. The van der Waals surface area contributed by atoms with Gasteiger partial charge in [-0.1, -0.05) is 43.6 Å². The minimum Gasteiger partial charge on any atom is -0.310 e. The van der Waals surface area contributed by atoms with Gasteiger partial charge in [0.25, 0.3) is 20.0 Å². The van der Waals surface area contributed by atoms with E-state index in [2.05, 4.69) is 19.9 Å². The van der Waals surface area contributed by atoms with Crippen molar-refractivity contribution in [2.75, 3.05) is 9.44 Å². The van der Waals surface area contributed by atoms with E-state index in [9.17, 15) is 16.8 Å². The summed E-state index contributed by atoms with van der Waals surface area (Å²) < 4.78 is 57.6. The van der Waals surface area contributed by atoms with Gasteiger partial charge in [0.1, 0.15) is 10.0 Å². The van der Waals surface area contributed by atoms with Crippen LogP contribution in [-0.2, 0) is 33.6 Å². The number of para-hydroxylation sites is 1. The number of halogens is 1. The zero-order valence-electron chi connectivity index (χ0n) is 18.6. The number of benzene rings is 2. The molecule has 0 aliphatic rings. The van der Waals surface area contributed by atoms with Crippen molar-refractivity contribution in [3.05, 3.63) is 64.9 Å². The Kier molecular flexibility index (Phi) is 7.37. The van der Waals surface area contributed by atoms with E-state index in [1.54, 1.807) is 12.1 Å². The van der Waals surface area contributed by atoms with Crippen LogP contribution >= 0.6 is 11.6 Å². The average Bonchev–Trinajstić information content (AvgIpc) is 2.99. The van der Waals surface area contributed by atoms with Crippen molar-refractivity contribution in [1.82, 2.24) is 15.1 Å². The second-order valence-corrected chi connectivity index (χ2v) is 11.4. The molecule has 0 radical (unpaired) electrons. The topological polar surface area (TPSA) is 122 Å². The summed E-state index contributed by atoms with van der Waals surface area (Å²) in [5, 5.41) is 7.25. The van der Waals surface area contributed by atoms with Crippen LogP contribution in [0, 0.1) is 6.92 Å². The van der Waals surface area contributed by atoms with Crippen LogP contribution in [0.2, 0.25) is 5.15 Å². The maximum atomic E-state index is 12.9. The molecule has 0 spiro atoms. The van der Waals surface area contributed by atoms with Crippen molar-refractivity contribution >= 4 is 43.0 Å². The molecule has 0 aliphatic heterocycles. The molecule has 0 amide bonds. The van der Waals surface area contributed by atoms with Crippen LogP contribution in [0.15, 0.2) is 58.3 Å². The van der Waals surface area contributed by atoms with Gasteiger partial charge in [0, 0.05) is 25.3 Å². The zero-order valence-corrected chi connectivity index (χ0v) is 21.0. The molecule has 0 aliphatic carbocycles. The van der Waals surface area contributed by atoms with Gasteiger partial charge in [0.05, 0.1) is 16.3 Å². The average molecular weight is 512 g/mol. The van der Waals surface area contributed by atoms with E-state index in [1.807, 2.05) is 26.0 Å².